The van der Waals surface area contributed by atoms with Gasteiger partial charge in [0.05, 0.1) is 4.47 Å². The summed E-state index contributed by atoms with van der Waals surface area (Å²) < 4.78 is 13.4. The van der Waals surface area contributed by atoms with E-state index in [0.29, 0.717) is 10.0 Å². The van der Waals surface area contributed by atoms with Gasteiger partial charge in [0.25, 0.3) is 0 Å². The van der Waals surface area contributed by atoms with E-state index in [1.54, 1.807) is 6.07 Å². The van der Waals surface area contributed by atoms with Crippen LogP contribution in [0.5, 0.6) is 0 Å². The van der Waals surface area contributed by atoms with E-state index in [4.69, 9.17) is 11.6 Å². The maximum absolute atomic E-state index is 13.1. The molecular weight excluding hydrogens is 321 g/mol. The van der Waals surface area contributed by atoms with Gasteiger partial charge in [0, 0.05) is 6.04 Å². The van der Waals surface area contributed by atoms with Crippen LogP contribution >= 0.6 is 27.5 Å². The summed E-state index contributed by atoms with van der Waals surface area (Å²) in [7, 11) is 0. The summed E-state index contributed by atoms with van der Waals surface area (Å²) in [5, 5.41) is 2.16. The molecule has 0 spiro atoms. The molecule has 2 nitrogen and oxygen atoms in total. The molecule has 1 saturated carbocycles. The second-order valence-corrected chi connectivity index (χ2v) is 5.82. The lowest BCUT2D eigenvalue weighted by Crippen LogP contribution is -2.34. The topological polar surface area (TPSA) is 29.1 Å². The van der Waals surface area contributed by atoms with E-state index in [9.17, 15) is 9.18 Å². The van der Waals surface area contributed by atoms with E-state index in [2.05, 4.69) is 21.2 Å². The van der Waals surface area contributed by atoms with Crippen molar-refractivity contribution in [1.82, 2.24) is 5.32 Å². The molecule has 1 unspecified atom stereocenters. The van der Waals surface area contributed by atoms with E-state index >= 15 is 0 Å². The molecule has 1 amide bonds. The van der Waals surface area contributed by atoms with Gasteiger partial charge in [0.1, 0.15) is 11.2 Å². The smallest absolute Gasteiger partial charge is 0.242 e. The molecule has 0 bridgehead atoms. The SMILES string of the molecule is O=C(NC1CCCC1)C(Cl)c1ccc(F)c(Br)c1. The van der Waals surface area contributed by atoms with Gasteiger partial charge < -0.3 is 5.32 Å². The van der Waals surface area contributed by atoms with Crippen molar-refractivity contribution in [3.8, 4) is 0 Å². The Kier molecular flexibility index (Phi) is 4.62. The van der Waals surface area contributed by atoms with Crippen LogP contribution in [0.4, 0.5) is 4.39 Å². The Morgan fingerprint density at radius 3 is 2.72 bits per heavy atom. The molecule has 1 aromatic carbocycles. The van der Waals surface area contributed by atoms with E-state index in [1.807, 2.05) is 0 Å². The van der Waals surface area contributed by atoms with Crippen LogP contribution in [0.2, 0.25) is 0 Å². The standard InChI is InChI=1S/C13H14BrClFNO/c14-10-7-8(5-6-11(10)16)12(15)13(18)17-9-3-1-2-4-9/h5-7,9,12H,1-4H2,(H,17,18). The highest BCUT2D eigenvalue weighted by atomic mass is 79.9. The Morgan fingerprint density at radius 2 is 2.11 bits per heavy atom. The van der Waals surface area contributed by atoms with Crippen molar-refractivity contribution < 1.29 is 9.18 Å². The Hall–Kier alpha value is -0.610. The maximum atomic E-state index is 13.1. The molecule has 5 heteroatoms. The van der Waals surface area contributed by atoms with Crippen molar-refractivity contribution in [3.05, 3.63) is 34.1 Å². The van der Waals surface area contributed by atoms with E-state index in [1.165, 1.54) is 12.1 Å². The molecule has 98 valence electrons. The number of hydrogen-bond acceptors (Lipinski definition) is 1. The third-order valence-electron chi connectivity index (χ3n) is 3.17. The van der Waals surface area contributed by atoms with Crippen LogP contribution in [-0.2, 0) is 4.79 Å². The molecule has 0 heterocycles. The lowest BCUT2D eigenvalue weighted by molar-refractivity contribution is -0.121. The second kappa shape index (κ2) is 6.02. The summed E-state index contributed by atoms with van der Waals surface area (Å²) >= 11 is 9.19. The van der Waals surface area contributed by atoms with Gasteiger partial charge in [-0.05, 0) is 46.5 Å². The lowest BCUT2D eigenvalue weighted by Gasteiger charge is -2.15. The number of carbonyl (C=O) groups is 1. The zero-order chi connectivity index (χ0) is 13.1. The van der Waals surface area contributed by atoms with Crippen molar-refractivity contribution in [2.24, 2.45) is 0 Å². The minimum Gasteiger partial charge on any atom is -0.352 e. The van der Waals surface area contributed by atoms with Gasteiger partial charge in [-0.1, -0.05) is 18.9 Å². The van der Waals surface area contributed by atoms with E-state index < -0.39 is 5.38 Å². The summed E-state index contributed by atoms with van der Waals surface area (Å²) in [6, 6.07) is 4.62. The Morgan fingerprint density at radius 1 is 1.44 bits per heavy atom. The fourth-order valence-electron chi connectivity index (χ4n) is 2.17. The van der Waals surface area contributed by atoms with Crippen molar-refractivity contribution in [2.45, 2.75) is 37.1 Å². The molecule has 1 atom stereocenters. The summed E-state index contributed by atoms with van der Waals surface area (Å²) in [5.74, 6) is -0.569. The largest absolute Gasteiger partial charge is 0.352 e. The first-order valence-corrected chi connectivity index (χ1v) is 7.20. The number of amides is 1. The Bertz CT molecular complexity index is 449. The van der Waals surface area contributed by atoms with Gasteiger partial charge in [-0.25, -0.2) is 4.39 Å². The second-order valence-electron chi connectivity index (χ2n) is 4.53. The van der Waals surface area contributed by atoms with E-state index in [0.717, 1.165) is 25.7 Å². The molecule has 0 aliphatic heterocycles. The number of benzene rings is 1. The quantitative estimate of drug-likeness (QED) is 0.834. The number of alkyl halides is 1. The molecular formula is C13H14BrClFNO. The average Bonchev–Trinajstić information content (AvgIpc) is 2.84. The predicted octanol–water partition coefficient (Wildman–Crippen LogP) is 3.93. The zero-order valence-corrected chi connectivity index (χ0v) is 12.1. The van der Waals surface area contributed by atoms with Crippen molar-refractivity contribution in [3.63, 3.8) is 0 Å². The van der Waals surface area contributed by atoms with Crippen molar-refractivity contribution in [2.75, 3.05) is 0 Å². The van der Waals surface area contributed by atoms with Gasteiger partial charge in [-0.15, -0.1) is 11.6 Å². The fraction of sp³-hybridized carbons (Fsp3) is 0.462. The zero-order valence-electron chi connectivity index (χ0n) is 9.76. The minimum atomic E-state index is -0.775. The fourth-order valence-corrected chi connectivity index (χ4v) is 2.76. The molecule has 0 radical (unpaired) electrons. The van der Waals surface area contributed by atoms with Gasteiger partial charge in [0.15, 0.2) is 0 Å². The number of carbonyl (C=O) groups excluding carboxylic acids is 1. The first kappa shape index (κ1) is 13.8. The highest BCUT2D eigenvalue weighted by Gasteiger charge is 2.23. The van der Waals surface area contributed by atoms with Gasteiger partial charge in [-0.3, -0.25) is 4.79 Å². The first-order chi connectivity index (χ1) is 8.58. The summed E-state index contributed by atoms with van der Waals surface area (Å²) in [4.78, 5) is 11.9. The highest BCUT2D eigenvalue weighted by molar-refractivity contribution is 9.10. The van der Waals surface area contributed by atoms with Crippen LogP contribution in [0, 0.1) is 5.82 Å². The Balaban J connectivity index is 2.02. The molecule has 2 rings (SSSR count). The maximum Gasteiger partial charge on any atom is 0.242 e. The van der Waals surface area contributed by atoms with Crippen LogP contribution in [-0.4, -0.2) is 11.9 Å². The van der Waals surface area contributed by atoms with Crippen LogP contribution in [0.25, 0.3) is 0 Å². The van der Waals surface area contributed by atoms with Crippen LogP contribution in [0.3, 0.4) is 0 Å². The van der Waals surface area contributed by atoms with Crippen molar-refractivity contribution in [1.29, 1.82) is 0 Å². The summed E-state index contributed by atoms with van der Waals surface area (Å²) in [6.07, 6.45) is 4.34. The molecule has 1 fully saturated rings. The van der Waals surface area contributed by atoms with Crippen LogP contribution in [0.1, 0.15) is 36.6 Å². The van der Waals surface area contributed by atoms with Gasteiger partial charge >= 0.3 is 0 Å². The number of halogens is 3. The molecule has 1 aromatic rings. The number of nitrogens with one attached hydrogen (secondary N) is 1. The number of rotatable bonds is 3. The summed E-state index contributed by atoms with van der Waals surface area (Å²) in [6.45, 7) is 0. The minimum absolute atomic E-state index is 0.206. The third kappa shape index (κ3) is 3.23. The number of hydrogen-bond donors (Lipinski definition) is 1. The lowest BCUT2D eigenvalue weighted by atomic mass is 10.1. The highest BCUT2D eigenvalue weighted by Crippen LogP contribution is 2.26. The third-order valence-corrected chi connectivity index (χ3v) is 4.23. The molecule has 1 N–H and O–H groups in total. The molecule has 1 aliphatic rings. The normalized spacial score (nSPS) is 17.7. The predicted molar refractivity (Wildman–Crippen MR) is 73.1 cm³/mol. The monoisotopic (exact) mass is 333 g/mol. The van der Waals surface area contributed by atoms with Crippen LogP contribution < -0.4 is 5.32 Å². The Labute approximate surface area is 119 Å². The molecule has 18 heavy (non-hydrogen) atoms. The molecule has 0 saturated heterocycles. The van der Waals surface area contributed by atoms with Crippen molar-refractivity contribution >= 4 is 33.4 Å². The van der Waals surface area contributed by atoms with E-state index in [-0.39, 0.29) is 17.8 Å². The summed E-state index contributed by atoms with van der Waals surface area (Å²) in [5.41, 5.74) is 0.598. The molecule has 0 aromatic heterocycles. The average molecular weight is 335 g/mol. The van der Waals surface area contributed by atoms with Crippen LogP contribution in [0.15, 0.2) is 22.7 Å². The molecule has 1 aliphatic carbocycles. The van der Waals surface area contributed by atoms with Gasteiger partial charge in [0.2, 0.25) is 5.91 Å². The first-order valence-electron chi connectivity index (χ1n) is 5.97. The van der Waals surface area contributed by atoms with Gasteiger partial charge in [-0.2, -0.15) is 0 Å².